The van der Waals surface area contributed by atoms with E-state index in [9.17, 15) is 0 Å². The summed E-state index contributed by atoms with van der Waals surface area (Å²) in [5, 5.41) is 11.1. The van der Waals surface area contributed by atoms with Crippen LogP contribution in [-0.2, 0) is 0 Å². The summed E-state index contributed by atoms with van der Waals surface area (Å²) in [7, 11) is 0. The van der Waals surface area contributed by atoms with Crippen LogP contribution in [0.2, 0.25) is 0 Å². The number of hydrogen-bond acceptors (Lipinski definition) is 5. The Morgan fingerprint density at radius 3 is 3.17 bits per heavy atom. The molecule has 1 aliphatic heterocycles. The molecular weight excluding hydrogens is 290 g/mol. The van der Waals surface area contributed by atoms with Crippen LogP contribution in [-0.4, -0.2) is 40.3 Å². The minimum Gasteiger partial charge on any atom is -0.489 e. The second-order valence-corrected chi connectivity index (χ2v) is 5.73. The fourth-order valence-electron chi connectivity index (χ4n) is 2.77. The van der Waals surface area contributed by atoms with Gasteiger partial charge in [0.05, 0.1) is 6.20 Å². The Morgan fingerprint density at radius 2 is 2.22 bits per heavy atom. The fraction of sp³-hybridized carbons (Fsp3) is 0.294. The second-order valence-electron chi connectivity index (χ2n) is 5.73. The molecule has 2 N–H and O–H groups in total. The average Bonchev–Trinajstić information content (AvgIpc) is 2.97. The van der Waals surface area contributed by atoms with E-state index in [4.69, 9.17) is 9.72 Å². The number of aromatic nitrogens is 3. The van der Waals surface area contributed by atoms with E-state index in [1.54, 1.807) is 4.52 Å². The predicted molar refractivity (Wildman–Crippen MR) is 89.9 cm³/mol. The van der Waals surface area contributed by atoms with Gasteiger partial charge in [0.25, 0.3) is 0 Å². The van der Waals surface area contributed by atoms with Gasteiger partial charge >= 0.3 is 0 Å². The Labute approximate surface area is 134 Å². The summed E-state index contributed by atoms with van der Waals surface area (Å²) < 4.78 is 7.79. The Bertz CT molecular complexity index is 829. The van der Waals surface area contributed by atoms with Crippen LogP contribution in [0.5, 0.6) is 5.75 Å². The molecule has 3 heterocycles. The lowest BCUT2D eigenvalue weighted by Crippen LogP contribution is -2.32. The molecule has 3 aromatic rings. The van der Waals surface area contributed by atoms with Crippen LogP contribution in [0.4, 0.5) is 5.82 Å². The number of benzene rings is 1. The molecule has 1 unspecified atom stereocenters. The second kappa shape index (κ2) is 5.89. The highest BCUT2D eigenvalue weighted by Gasteiger charge is 2.11. The SMILES string of the molecule is CC1CNCCNc2ccn3ncc(c3n2)-c2cccc(c2)O1. The summed E-state index contributed by atoms with van der Waals surface area (Å²) >= 11 is 0. The summed E-state index contributed by atoms with van der Waals surface area (Å²) in [5.41, 5.74) is 2.89. The van der Waals surface area contributed by atoms with E-state index >= 15 is 0 Å². The van der Waals surface area contributed by atoms with Crippen molar-refractivity contribution in [2.45, 2.75) is 13.0 Å². The van der Waals surface area contributed by atoms with Crippen molar-refractivity contribution in [1.29, 1.82) is 0 Å². The first-order chi connectivity index (χ1) is 11.3. The third-order valence-corrected chi connectivity index (χ3v) is 3.89. The van der Waals surface area contributed by atoms with Crippen molar-refractivity contribution in [3.05, 3.63) is 42.7 Å². The molecule has 1 aromatic carbocycles. The third-order valence-electron chi connectivity index (χ3n) is 3.89. The van der Waals surface area contributed by atoms with E-state index in [1.807, 2.05) is 36.7 Å². The van der Waals surface area contributed by atoms with E-state index < -0.39 is 0 Å². The van der Waals surface area contributed by atoms with Crippen molar-refractivity contribution in [1.82, 2.24) is 19.9 Å². The van der Waals surface area contributed by atoms with Gasteiger partial charge in [-0.2, -0.15) is 5.10 Å². The summed E-state index contributed by atoms with van der Waals surface area (Å²) in [5.74, 6) is 1.72. The van der Waals surface area contributed by atoms with Gasteiger partial charge in [-0.3, -0.25) is 0 Å². The number of nitrogens with one attached hydrogen (secondary N) is 2. The monoisotopic (exact) mass is 309 g/mol. The van der Waals surface area contributed by atoms with E-state index in [-0.39, 0.29) is 6.10 Å². The van der Waals surface area contributed by atoms with Crippen LogP contribution in [0.15, 0.2) is 42.7 Å². The maximum Gasteiger partial charge on any atom is 0.165 e. The number of hydrogen-bond donors (Lipinski definition) is 2. The zero-order chi connectivity index (χ0) is 15.6. The molecule has 2 aromatic heterocycles. The maximum atomic E-state index is 6.00. The zero-order valence-corrected chi connectivity index (χ0v) is 13.0. The summed E-state index contributed by atoms with van der Waals surface area (Å²) in [6, 6.07) is 10.0. The Morgan fingerprint density at radius 1 is 1.26 bits per heavy atom. The number of anilines is 1. The highest BCUT2D eigenvalue weighted by molar-refractivity contribution is 5.78. The predicted octanol–water partition coefficient (Wildman–Crippen LogP) is 2.18. The van der Waals surface area contributed by atoms with Crippen LogP contribution in [0.3, 0.4) is 0 Å². The quantitative estimate of drug-likeness (QED) is 0.666. The van der Waals surface area contributed by atoms with Crippen LogP contribution in [0, 0.1) is 0 Å². The van der Waals surface area contributed by atoms with Crippen LogP contribution in [0.25, 0.3) is 16.8 Å². The first-order valence-electron chi connectivity index (χ1n) is 7.86. The number of rotatable bonds is 0. The molecule has 1 aliphatic rings. The van der Waals surface area contributed by atoms with E-state index in [0.29, 0.717) is 0 Å². The van der Waals surface area contributed by atoms with Crippen molar-refractivity contribution >= 4 is 11.5 Å². The lowest BCUT2D eigenvalue weighted by molar-refractivity contribution is 0.218. The molecule has 1 atom stereocenters. The molecule has 6 nitrogen and oxygen atoms in total. The Hall–Kier alpha value is -2.60. The van der Waals surface area contributed by atoms with E-state index in [1.165, 1.54) is 0 Å². The molecule has 0 radical (unpaired) electrons. The van der Waals surface area contributed by atoms with E-state index in [0.717, 1.165) is 48.0 Å². The van der Waals surface area contributed by atoms with Gasteiger partial charge in [-0.1, -0.05) is 12.1 Å². The average molecular weight is 309 g/mol. The molecule has 0 spiro atoms. The smallest absolute Gasteiger partial charge is 0.165 e. The lowest BCUT2D eigenvalue weighted by Gasteiger charge is -2.17. The molecule has 4 rings (SSSR count). The molecule has 0 aliphatic carbocycles. The molecule has 0 saturated carbocycles. The normalized spacial score (nSPS) is 18.2. The van der Waals surface area contributed by atoms with Crippen molar-refractivity contribution in [3.63, 3.8) is 0 Å². The van der Waals surface area contributed by atoms with Gasteiger partial charge in [0.15, 0.2) is 5.65 Å². The van der Waals surface area contributed by atoms with Gasteiger partial charge < -0.3 is 15.4 Å². The minimum absolute atomic E-state index is 0.108. The van der Waals surface area contributed by atoms with Gasteiger partial charge in [0.1, 0.15) is 17.7 Å². The first kappa shape index (κ1) is 14.0. The number of nitrogens with zero attached hydrogens (tertiary/aromatic N) is 3. The lowest BCUT2D eigenvalue weighted by atomic mass is 10.1. The van der Waals surface area contributed by atoms with Gasteiger partial charge in [-0.15, -0.1) is 0 Å². The topological polar surface area (TPSA) is 63.5 Å². The van der Waals surface area contributed by atoms with Gasteiger partial charge in [-0.05, 0) is 30.7 Å². The van der Waals surface area contributed by atoms with Crippen molar-refractivity contribution < 1.29 is 4.74 Å². The van der Waals surface area contributed by atoms with Gasteiger partial charge in [-0.25, -0.2) is 9.50 Å². The highest BCUT2D eigenvalue weighted by Crippen LogP contribution is 2.27. The van der Waals surface area contributed by atoms with Crippen molar-refractivity contribution in [3.8, 4) is 16.9 Å². The molecular formula is C17H19N5O. The molecule has 118 valence electrons. The van der Waals surface area contributed by atoms with Crippen molar-refractivity contribution in [2.75, 3.05) is 25.0 Å². The standard InChI is InChI=1S/C17H19N5O/c1-12-10-18-6-7-19-16-5-8-22-17(21-16)15(11-20-22)13-3-2-4-14(9-13)23-12/h2-5,8-9,11-12,18H,6-7,10H2,1H3,(H,19,21). The third kappa shape index (κ3) is 2.85. The molecule has 0 amide bonds. The van der Waals surface area contributed by atoms with Crippen LogP contribution < -0.4 is 15.4 Å². The van der Waals surface area contributed by atoms with Crippen LogP contribution in [0.1, 0.15) is 6.92 Å². The first-order valence-corrected chi connectivity index (χ1v) is 7.86. The molecule has 0 fully saturated rings. The Kier molecular flexibility index (Phi) is 3.59. The summed E-state index contributed by atoms with van der Waals surface area (Å²) in [6.07, 6.45) is 3.88. The van der Waals surface area contributed by atoms with Gasteiger partial charge in [0.2, 0.25) is 0 Å². The largest absolute Gasteiger partial charge is 0.489 e. The molecule has 4 bridgehead atoms. The number of ether oxygens (including phenoxy) is 1. The van der Waals surface area contributed by atoms with Gasteiger partial charge in [0, 0.05) is 31.4 Å². The summed E-state index contributed by atoms with van der Waals surface area (Å²) in [6.45, 7) is 4.54. The summed E-state index contributed by atoms with van der Waals surface area (Å²) in [4.78, 5) is 4.69. The zero-order valence-electron chi connectivity index (χ0n) is 13.0. The Balaban J connectivity index is 1.83. The minimum atomic E-state index is 0.108. The molecule has 0 saturated heterocycles. The number of fused-ring (bicyclic) bond motifs is 4. The maximum absolute atomic E-state index is 6.00. The molecule has 23 heavy (non-hydrogen) atoms. The molecule has 6 heteroatoms. The highest BCUT2D eigenvalue weighted by atomic mass is 16.5. The van der Waals surface area contributed by atoms with Crippen LogP contribution >= 0.6 is 0 Å². The fourth-order valence-corrected chi connectivity index (χ4v) is 2.77. The van der Waals surface area contributed by atoms with E-state index in [2.05, 4.69) is 28.7 Å². The van der Waals surface area contributed by atoms with Crippen molar-refractivity contribution in [2.24, 2.45) is 0 Å².